The van der Waals surface area contributed by atoms with E-state index >= 15 is 0 Å². The number of nitrogens with one attached hydrogen (secondary N) is 2. The molecule has 4 aliphatic rings. The molecule has 0 aromatic carbocycles. The molecule has 2 N–H and O–H groups in total. The van der Waals surface area contributed by atoms with Gasteiger partial charge in [0, 0.05) is 12.1 Å². The molecule has 4 rings (SSSR count). The van der Waals surface area contributed by atoms with E-state index in [1.165, 1.54) is 6.42 Å². The van der Waals surface area contributed by atoms with Crippen LogP contribution in [0.25, 0.3) is 0 Å². The lowest BCUT2D eigenvalue weighted by molar-refractivity contribution is -0.00932. The van der Waals surface area contributed by atoms with Gasteiger partial charge in [0.2, 0.25) is 10.0 Å². The molecular formula is C16H27N3O4S. The van der Waals surface area contributed by atoms with Gasteiger partial charge in [-0.3, -0.25) is 5.32 Å². The first-order valence-corrected chi connectivity index (χ1v) is 10.6. The highest BCUT2D eigenvalue weighted by molar-refractivity contribution is 7.88. The van der Waals surface area contributed by atoms with E-state index in [1.54, 1.807) is 13.8 Å². The molecule has 4 fully saturated rings. The first-order valence-electron chi connectivity index (χ1n) is 8.76. The van der Waals surface area contributed by atoms with Gasteiger partial charge in [-0.2, -0.15) is 0 Å². The molecule has 0 radical (unpaired) electrons. The van der Waals surface area contributed by atoms with Crippen molar-refractivity contribution in [2.75, 3.05) is 6.26 Å². The Kier molecular flexibility index (Phi) is 4.53. The van der Waals surface area contributed by atoms with Crippen LogP contribution in [-0.2, 0) is 10.0 Å². The molecule has 8 heteroatoms. The average Bonchev–Trinajstić information content (AvgIpc) is 2.39. The number of sulfonamides is 1. The molecule has 0 aromatic rings. The minimum absolute atomic E-state index is 0.108. The van der Waals surface area contributed by atoms with Crippen LogP contribution in [0.5, 0.6) is 0 Å². The number of hydrogen-bond donors (Lipinski definition) is 2. The van der Waals surface area contributed by atoms with Gasteiger partial charge in [0.15, 0.2) is 0 Å². The molecule has 4 bridgehead atoms. The van der Waals surface area contributed by atoms with Crippen molar-refractivity contribution < 1.29 is 18.0 Å². The molecule has 136 valence electrons. The molecule has 0 aromatic heterocycles. The summed E-state index contributed by atoms with van der Waals surface area (Å²) in [4.78, 5) is 24.4. The van der Waals surface area contributed by atoms with Crippen LogP contribution >= 0.6 is 0 Å². The van der Waals surface area contributed by atoms with Crippen LogP contribution in [0.2, 0.25) is 0 Å². The molecule has 24 heavy (non-hydrogen) atoms. The largest absolute Gasteiger partial charge is 0.339 e. The number of carbonyl (C=O) groups excluding carboxylic acids is 2. The zero-order chi connectivity index (χ0) is 17.6. The van der Waals surface area contributed by atoms with E-state index in [0.717, 1.165) is 43.8 Å². The summed E-state index contributed by atoms with van der Waals surface area (Å²) in [5.74, 6) is 2.60. The zero-order valence-electron chi connectivity index (χ0n) is 14.5. The van der Waals surface area contributed by atoms with Crippen LogP contribution in [-0.4, -0.2) is 43.1 Å². The second-order valence-corrected chi connectivity index (χ2v) is 9.87. The van der Waals surface area contributed by atoms with Crippen LogP contribution in [0.4, 0.5) is 9.59 Å². The van der Waals surface area contributed by atoms with E-state index in [0.29, 0.717) is 16.1 Å². The van der Waals surface area contributed by atoms with Gasteiger partial charge in [-0.25, -0.2) is 22.3 Å². The van der Waals surface area contributed by atoms with Crippen molar-refractivity contribution in [2.45, 2.75) is 58.0 Å². The first-order chi connectivity index (χ1) is 11.1. The maximum atomic E-state index is 12.2. The third kappa shape index (κ3) is 3.38. The van der Waals surface area contributed by atoms with E-state index in [1.807, 2.05) is 0 Å². The monoisotopic (exact) mass is 357 g/mol. The molecule has 4 aliphatic carbocycles. The highest BCUT2D eigenvalue weighted by Gasteiger charge is 2.48. The van der Waals surface area contributed by atoms with Crippen molar-refractivity contribution in [1.29, 1.82) is 0 Å². The minimum atomic E-state index is -3.72. The first kappa shape index (κ1) is 17.5. The topological polar surface area (TPSA) is 95.6 Å². The molecule has 0 unspecified atom stereocenters. The summed E-state index contributed by atoms with van der Waals surface area (Å²) in [6, 6.07) is -1.93. The van der Waals surface area contributed by atoms with Crippen molar-refractivity contribution in [3.8, 4) is 0 Å². The summed E-state index contributed by atoms with van der Waals surface area (Å²) in [5.41, 5.74) is 0. The molecule has 0 heterocycles. The van der Waals surface area contributed by atoms with Gasteiger partial charge in [0.25, 0.3) is 0 Å². The fourth-order valence-corrected chi connectivity index (χ4v) is 6.38. The lowest BCUT2D eigenvalue weighted by atomic mass is 9.54. The van der Waals surface area contributed by atoms with Gasteiger partial charge in [-0.1, -0.05) is 0 Å². The molecule has 0 saturated heterocycles. The summed E-state index contributed by atoms with van der Waals surface area (Å²) >= 11 is 0. The predicted octanol–water partition coefficient (Wildman–Crippen LogP) is 1.90. The minimum Gasteiger partial charge on any atom is -0.334 e. The van der Waals surface area contributed by atoms with Crippen LogP contribution in [0.15, 0.2) is 0 Å². The Bertz CT molecular complexity index is 603. The second-order valence-electron chi connectivity index (χ2n) is 8.01. The van der Waals surface area contributed by atoms with Gasteiger partial charge >= 0.3 is 12.1 Å². The Morgan fingerprint density at radius 2 is 1.50 bits per heavy atom. The maximum absolute atomic E-state index is 12.2. The molecule has 7 nitrogen and oxygen atoms in total. The van der Waals surface area contributed by atoms with Crippen LogP contribution < -0.4 is 10.6 Å². The highest BCUT2D eigenvalue weighted by Crippen LogP contribution is 2.53. The van der Waals surface area contributed by atoms with E-state index in [9.17, 15) is 18.0 Å². The number of amides is 4. The lowest BCUT2D eigenvalue weighted by Gasteiger charge is -2.54. The Morgan fingerprint density at radius 1 is 1.00 bits per heavy atom. The van der Waals surface area contributed by atoms with Crippen LogP contribution in [0.1, 0.15) is 46.0 Å². The van der Waals surface area contributed by atoms with Crippen molar-refractivity contribution >= 4 is 22.1 Å². The van der Waals surface area contributed by atoms with Gasteiger partial charge < -0.3 is 5.32 Å². The second kappa shape index (κ2) is 6.20. The quantitative estimate of drug-likeness (QED) is 0.806. The molecule has 0 spiro atoms. The van der Waals surface area contributed by atoms with Gasteiger partial charge in [0.05, 0.1) is 6.26 Å². The molecule has 4 saturated carbocycles. The maximum Gasteiger partial charge on any atom is 0.339 e. The predicted molar refractivity (Wildman–Crippen MR) is 89.7 cm³/mol. The van der Waals surface area contributed by atoms with E-state index in [2.05, 4.69) is 10.6 Å². The molecular weight excluding hydrogens is 330 g/mol. The fourth-order valence-electron chi connectivity index (χ4n) is 5.27. The molecule has 4 amide bonds. The average molecular weight is 357 g/mol. The summed E-state index contributed by atoms with van der Waals surface area (Å²) in [5, 5.41) is 5.13. The van der Waals surface area contributed by atoms with Crippen molar-refractivity contribution in [3.63, 3.8) is 0 Å². The Labute approximate surface area is 143 Å². The van der Waals surface area contributed by atoms with Gasteiger partial charge in [0.1, 0.15) is 0 Å². The summed E-state index contributed by atoms with van der Waals surface area (Å²) in [6.45, 7) is 3.19. The Morgan fingerprint density at radius 3 is 1.92 bits per heavy atom. The van der Waals surface area contributed by atoms with E-state index in [-0.39, 0.29) is 6.04 Å². The molecule has 0 aliphatic heterocycles. The number of imide groups is 1. The number of rotatable bonds is 3. The summed E-state index contributed by atoms with van der Waals surface area (Å²) in [6.07, 6.45) is 6.94. The third-order valence-electron chi connectivity index (χ3n) is 5.77. The summed E-state index contributed by atoms with van der Waals surface area (Å²) in [7, 11) is -3.72. The van der Waals surface area contributed by atoms with Crippen LogP contribution in [0, 0.1) is 23.7 Å². The van der Waals surface area contributed by atoms with Crippen molar-refractivity contribution in [1.82, 2.24) is 14.9 Å². The fraction of sp³-hybridized carbons (Fsp3) is 0.875. The highest BCUT2D eigenvalue weighted by atomic mass is 32.2. The van der Waals surface area contributed by atoms with E-state index in [4.69, 9.17) is 0 Å². The standard InChI is InChI=1S/C16H27N3O4S/c1-9(2)19(24(3,22)23)16(21)18-15(20)17-14-12-5-10-4-11(7-12)8-13(14)6-10/h9-14H,4-8H2,1-3H3,(H2,17,18,20,21). The number of nitrogens with zero attached hydrogens (tertiary/aromatic N) is 1. The van der Waals surface area contributed by atoms with Crippen LogP contribution in [0.3, 0.4) is 0 Å². The van der Waals surface area contributed by atoms with Crippen molar-refractivity contribution in [2.24, 2.45) is 23.7 Å². The SMILES string of the molecule is CC(C)N(C(=O)NC(=O)NC1C2CC3CC(C2)CC1C3)S(C)(=O)=O. The number of carbonyl (C=O) groups is 2. The number of hydrogen-bond acceptors (Lipinski definition) is 4. The van der Waals surface area contributed by atoms with Crippen molar-refractivity contribution in [3.05, 3.63) is 0 Å². The smallest absolute Gasteiger partial charge is 0.334 e. The van der Waals surface area contributed by atoms with Gasteiger partial charge in [-0.05, 0) is 69.6 Å². The Balaban J connectivity index is 1.60. The Hall–Kier alpha value is -1.31. The van der Waals surface area contributed by atoms with Gasteiger partial charge in [-0.15, -0.1) is 0 Å². The normalized spacial score (nSPS) is 34.2. The molecule has 0 atom stereocenters. The summed E-state index contributed by atoms with van der Waals surface area (Å²) < 4.78 is 24.1. The lowest BCUT2D eigenvalue weighted by Crippen LogP contribution is -2.59. The zero-order valence-corrected chi connectivity index (χ0v) is 15.3. The third-order valence-corrected chi connectivity index (χ3v) is 7.07. The number of urea groups is 2. The van der Waals surface area contributed by atoms with E-state index < -0.39 is 28.1 Å².